The van der Waals surface area contributed by atoms with Gasteiger partial charge >= 0.3 is 35.8 Å². The standard InChI is InChI=1S/C11H9F14N/c1-2-3-4-26-5(12)6(13,14)7(15,16)8(17,18)9(19,20)10(21,22)11(23,24)25/h2-4H2,1H3. The quantitative estimate of drug-likeness (QED) is 0.263. The van der Waals surface area contributed by atoms with Gasteiger partial charge in [-0.3, -0.25) is 4.99 Å². The van der Waals surface area contributed by atoms with Gasteiger partial charge in [-0.15, -0.1) is 0 Å². The summed E-state index contributed by atoms with van der Waals surface area (Å²) in [6.07, 6.45) is -7.63. The van der Waals surface area contributed by atoms with E-state index in [4.69, 9.17) is 0 Å². The highest BCUT2D eigenvalue weighted by Gasteiger charge is 2.91. The predicted molar refractivity (Wildman–Crippen MR) is 59.1 cm³/mol. The average Bonchev–Trinajstić information content (AvgIpc) is 2.45. The molecule has 0 aromatic rings. The summed E-state index contributed by atoms with van der Waals surface area (Å²) in [5, 5.41) is 0. The van der Waals surface area contributed by atoms with Crippen molar-refractivity contribution in [2.45, 2.75) is 55.6 Å². The highest BCUT2D eigenvalue weighted by Crippen LogP contribution is 2.60. The minimum atomic E-state index is -8.05. The van der Waals surface area contributed by atoms with Crippen LogP contribution < -0.4 is 0 Å². The van der Waals surface area contributed by atoms with E-state index in [1.165, 1.54) is 6.92 Å². The normalized spacial score (nSPS) is 16.2. The topological polar surface area (TPSA) is 12.4 Å². The molecule has 0 N–H and O–H groups in total. The van der Waals surface area contributed by atoms with Gasteiger partial charge in [0.1, 0.15) is 0 Å². The maximum atomic E-state index is 13.2. The lowest BCUT2D eigenvalue weighted by molar-refractivity contribution is -0.435. The molecular weight excluding hydrogens is 412 g/mol. The number of rotatable bonds is 8. The third-order valence-corrected chi connectivity index (χ3v) is 2.95. The van der Waals surface area contributed by atoms with Crippen molar-refractivity contribution in [3.05, 3.63) is 0 Å². The first-order valence-electron chi connectivity index (χ1n) is 6.39. The molecule has 0 fully saturated rings. The first-order valence-corrected chi connectivity index (χ1v) is 6.39. The molecule has 0 atom stereocenters. The van der Waals surface area contributed by atoms with Crippen LogP contribution in [0.5, 0.6) is 0 Å². The summed E-state index contributed by atoms with van der Waals surface area (Å²) >= 11 is 0. The maximum absolute atomic E-state index is 13.2. The SMILES string of the molecule is CCCCN=C(F)C(F)(F)C(F)(F)C(F)(F)C(F)(F)C(F)(F)C(F)(F)F. The van der Waals surface area contributed by atoms with Crippen molar-refractivity contribution in [1.82, 2.24) is 0 Å². The van der Waals surface area contributed by atoms with Crippen LogP contribution in [-0.2, 0) is 0 Å². The molecule has 156 valence electrons. The molecule has 0 radical (unpaired) electrons. The molecule has 0 aromatic carbocycles. The second-order valence-corrected chi connectivity index (χ2v) is 4.90. The van der Waals surface area contributed by atoms with Crippen LogP contribution in [0.1, 0.15) is 19.8 Å². The third-order valence-electron chi connectivity index (χ3n) is 2.95. The van der Waals surface area contributed by atoms with Gasteiger partial charge in [-0.2, -0.15) is 61.5 Å². The second kappa shape index (κ2) is 7.02. The van der Waals surface area contributed by atoms with Crippen molar-refractivity contribution < 1.29 is 61.5 Å². The van der Waals surface area contributed by atoms with Gasteiger partial charge in [-0.25, -0.2) is 0 Å². The molecule has 15 heteroatoms. The number of hydrogen-bond acceptors (Lipinski definition) is 1. The van der Waals surface area contributed by atoms with Crippen LogP contribution in [0.2, 0.25) is 0 Å². The van der Waals surface area contributed by atoms with Crippen LogP contribution in [0.25, 0.3) is 0 Å². The summed E-state index contributed by atoms with van der Waals surface area (Å²) in [7, 11) is 0. The summed E-state index contributed by atoms with van der Waals surface area (Å²) in [6, 6.07) is 0. The molecule has 0 saturated carbocycles. The highest BCUT2D eigenvalue weighted by atomic mass is 19.4. The van der Waals surface area contributed by atoms with Crippen LogP contribution in [0.3, 0.4) is 0 Å². The van der Waals surface area contributed by atoms with E-state index in [0.717, 1.165) is 0 Å². The van der Waals surface area contributed by atoms with Crippen LogP contribution in [0.4, 0.5) is 61.5 Å². The summed E-state index contributed by atoms with van der Waals surface area (Å²) in [6.45, 7) is 0.378. The van der Waals surface area contributed by atoms with Crippen molar-refractivity contribution >= 4 is 5.97 Å². The van der Waals surface area contributed by atoms with Crippen molar-refractivity contribution in [1.29, 1.82) is 0 Å². The maximum Gasteiger partial charge on any atom is 0.460 e. The first-order chi connectivity index (χ1) is 11.2. The number of nitrogens with zero attached hydrogens (tertiary/aromatic N) is 1. The van der Waals surface area contributed by atoms with E-state index in [9.17, 15) is 61.5 Å². The molecule has 0 unspecified atom stereocenters. The molecule has 0 bridgehead atoms. The van der Waals surface area contributed by atoms with Crippen molar-refractivity contribution in [3.8, 4) is 0 Å². The molecule has 0 aliphatic rings. The number of halogens is 14. The molecule has 1 nitrogen and oxygen atoms in total. The molecule has 0 aliphatic carbocycles. The molecule has 0 spiro atoms. The molecule has 26 heavy (non-hydrogen) atoms. The fourth-order valence-corrected chi connectivity index (χ4v) is 1.33. The van der Waals surface area contributed by atoms with Gasteiger partial charge in [0.15, 0.2) is 0 Å². The Kier molecular flexibility index (Phi) is 6.66. The Morgan fingerprint density at radius 3 is 1.38 bits per heavy atom. The molecule has 0 amide bonds. The van der Waals surface area contributed by atoms with Gasteiger partial charge in [-0.1, -0.05) is 13.3 Å². The van der Waals surface area contributed by atoms with Crippen molar-refractivity contribution in [2.75, 3.05) is 6.54 Å². The van der Waals surface area contributed by atoms with Crippen LogP contribution >= 0.6 is 0 Å². The Hall–Kier alpha value is -1.31. The first kappa shape index (κ1) is 24.7. The van der Waals surface area contributed by atoms with Crippen molar-refractivity contribution in [3.63, 3.8) is 0 Å². The Labute approximate surface area is 136 Å². The smallest absolute Gasteiger partial charge is 0.256 e. The van der Waals surface area contributed by atoms with Gasteiger partial charge < -0.3 is 0 Å². The van der Waals surface area contributed by atoms with Crippen LogP contribution in [0, 0.1) is 0 Å². The van der Waals surface area contributed by atoms with E-state index in [-0.39, 0.29) is 12.8 Å². The lowest BCUT2D eigenvalue weighted by Crippen LogP contribution is -2.70. The zero-order chi connectivity index (χ0) is 21.4. The molecule has 0 aliphatic heterocycles. The Morgan fingerprint density at radius 1 is 0.654 bits per heavy atom. The van der Waals surface area contributed by atoms with Gasteiger partial charge in [0.05, 0.1) is 0 Å². The number of hydrogen-bond donors (Lipinski definition) is 0. The summed E-state index contributed by atoms with van der Waals surface area (Å²) in [4.78, 5) is 2.09. The Bertz CT molecular complexity index is 517. The number of alkyl halides is 13. The minimum Gasteiger partial charge on any atom is -0.256 e. The van der Waals surface area contributed by atoms with E-state index < -0.39 is 48.3 Å². The van der Waals surface area contributed by atoms with Crippen molar-refractivity contribution in [2.24, 2.45) is 4.99 Å². The summed E-state index contributed by atoms with van der Waals surface area (Å²) in [5.41, 5.74) is 0. The summed E-state index contributed by atoms with van der Waals surface area (Å²) < 4.78 is 178. The molecule has 0 heterocycles. The third kappa shape index (κ3) is 3.57. The zero-order valence-corrected chi connectivity index (χ0v) is 12.4. The average molecular weight is 421 g/mol. The monoisotopic (exact) mass is 421 g/mol. The zero-order valence-electron chi connectivity index (χ0n) is 12.4. The van der Waals surface area contributed by atoms with Gasteiger partial charge in [0.25, 0.3) is 5.97 Å². The predicted octanol–water partition coefficient (Wildman–Crippen LogP) is 5.89. The minimum absolute atomic E-state index is 0.116. The van der Waals surface area contributed by atoms with Gasteiger partial charge in [0.2, 0.25) is 0 Å². The number of unbranched alkanes of at least 4 members (excludes halogenated alkanes) is 1. The van der Waals surface area contributed by atoms with Crippen LogP contribution in [0.15, 0.2) is 4.99 Å². The second-order valence-electron chi connectivity index (χ2n) is 4.90. The molecule has 0 aromatic heterocycles. The van der Waals surface area contributed by atoms with Gasteiger partial charge in [-0.05, 0) is 6.42 Å². The molecule has 0 saturated heterocycles. The fourth-order valence-electron chi connectivity index (χ4n) is 1.33. The fraction of sp³-hybridized carbons (Fsp3) is 0.909. The Morgan fingerprint density at radius 2 is 1.04 bits per heavy atom. The highest BCUT2D eigenvalue weighted by molar-refractivity contribution is 5.83. The lowest BCUT2D eigenvalue weighted by atomic mass is 9.94. The Balaban J connectivity index is 6.20. The van der Waals surface area contributed by atoms with E-state index >= 15 is 0 Å². The lowest BCUT2D eigenvalue weighted by Gasteiger charge is -2.39. The van der Waals surface area contributed by atoms with E-state index in [1.54, 1.807) is 0 Å². The largest absolute Gasteiger partial charge is 0.460 e. The van der Waals surface area contributed by atoms with E-state index in [2.05, 4.69) is 4.99 Å². The van der Waals surface area contributed by atoms with E-state index in [0.29, 0.717) is 0 Å². The van der Waals surface area contributed by atoms with E-state index in [1.807, 2.05) is 0 Å². The summed E-state index contributed by atoms with van der Waals surface area (Å²) in [5.74, 6) is -42.1. The van der Waals surface area contributed by atoms with Gasteiger partial charge in [0, 0.05) is 6.54 Å². The molecule has 0 rings (SSSR count). The molecular formula is C11H9F14N. The van der Waals surface area contributed by atoms with Crippen LogP contribution in [-0.4, -0.2) is 48.3 Å². The number of aliphatic imine (C=N–C) groups is 1.